The molecule has 0 unspecified atom stereocenters. The molecule has 0 saturated carbocycles. The number of pyridine rings is 1. The van der Waals surface area contributed by atoms with Crippen molar-refractivity contribution in [3.63, 3.8) is 0 Å². The van der Waals surface area contributed by atoms with E-state index in [1.807, 2.05) is 22.6 Å². The molecule has 1 aromatic rings. The van der Waals surface area contributed by atoms with Gasteiger partial charge in [-0.1, -0.05) is 0 Å². The summed E-state index contributed by atoms with van der Waals surface area (Å²) in [5.41, 5.74) is -1.11. The number of H-pyrrole nitrogens is 1. The number of nitrogens with one attached hydrogen (secondary N) is 1. The molecule has 6 heteroatoms. The van der Waals surface area contributed by atoms with E-state index in [9.17, 15) is 13.6 Å². The molecule has 0 bridgehead atoms. The van der Waals surface area contributed by atoms with Gasteiger partial charge in [0.1, 0.15) is 0 Å². The van der Waals surface area contributed by atoms with Crippen LogP contribution in [0.2, 0.25) is 0 Å². The molecule has 0 amide bonds. The zero-order valence-corrected chi connectivity index (χ0v) is 9.20. The number of aromatic amines is 1. The second kappa shape index (κ2) is 4.36. The molecule has 0 aliphatic rings. The van der Waals surface area contributed by atoms with Gasteiger partial charge in [-0.05, 0) is 22.6 Å². The molecule has 72 valence electrons. The molecule has 0 radical (unpaired) electrons. The molecule has 13 heavy (non-hydrogen) atoms. The summed E-state index contributed by atoms with van der Waals surface area (Å²) in [4.78, 5) is 13.7. The molecule has 0 fully saturated rings. The summed E-state index contributed by atoms with van der Waals surface area (Å²) in [5, 5.41) is 0. The van der Waals surface area contributed by atoms with Crippen molar-refractivity contribution in [2.24, 2.45) is 0 Å². The van der Waals surface area contributed by atoms with Gasteiger partial charge in [0, 0.05) is 11.8 Å². The van der Waals surface area contributed by atoms with Crippen LogP contribution in [0.1, 0.15) is 17.7 Å². The Morgan fingerprint density at radius 1 is 1.62 bits per heavy atom. The first-order valence-corrected chi connectivity index (χ1v) is 4.93. The predicted molar refractivity (Wildman–Crippen MR) is 54.3 cm³/mol. The van der Waals surface area contributed by atoms with Crippen LogP contribution in [0, 0.1) is 3.70 Å². The average molecular weight is 319 g/mol. The average Bonchev–Trinajstić information content (AvgIpc) is 2.01. The van der Waals surface area contributed by atoms with Gasteiger partial charge in [-0.25, -0.2) is 8.78 Å². The number of halogens is 4. The Bertz CT molecular complexity index is 366. The van der Waals surface area contributed by atoms with Gasteiger partial charge in [0.2, 0.25) is 0 Å². The van der Waals surface area contributed by atoms with Crippen LogP contribution < -0.4 is 5.43 Å². The van der Waals surface area contributed by atoms with Crippen molar-refractivity contribution >= 4 is 34.2 Å². The Morgan fingerprint density at radius 2 is 2.23 bits per heavy atom. The highest BCUT2D eigenvalue weighted by atomic mass is 127. The van der Waals surface area contributed by atoms with Crippen LogP contribution in [0.25, 0.3) is 0 Å². The smallest absolute Gasteiger partial charge is 0.269 e. The standard InChI is InChI=1S/C7H5ClF2INO/c8-2-3-6(7(9)10)4(13)1-5(11)12-3/h1,7H,2H2,(H,12,13). The highest BCUT2D eigenvalue weighted by molar-refractivity contribution is 14.1. The molecule has 1 rings (SSSR count). The van der Waals surface area contributed by atoms with Crippen molar-refractivity contribution in [1.29, 1.82) is 0 Å². The summed E-state index contributed by atoms with van der Waals surface area (Å²) in [7, 11) is 0. The third-order valence-corrected chi connectivity index (χ3v) is 2.32. The van der Waals surface area contributed by atoms with E-state index in [0.717, 1.165) is 6.07 Å². The van der Waals surface area contributed by atoms with Crippen LogP contribution in [-0.4, -0.2) is 4.98 Å². The third-order valence-electron chi connectivity index (χ3n) is 1.47. The normalized spacial score (nSPS) is 10.8. The monoisotopic (exact) mass is 319 g/mol. The molecule has 1 N–H and O–H groups in total. The summed E-state index contributed by atoms with van der Waals surface area (Å²) < 4.78 is 25.2. The van der Waals surface area contributed by atoms with Crippen LogP contribution in [0.15, 0.2) is 10.9 Å². The molecule has 0 saturated heterocycles. The molecule has 0 atom stereocenters. The lowest BCUT2D eigenvalue weighted by Gasteiger charge is -2.05. The Labute approximate surface area is 91.4 Å². The summed E-state index contributed by atoms with van der Waals surface area (Å²) in [6.07, 6.45) is -2.78. The van der Waals surface area contributed by atoms with E-state index in [2.05, 4.69) is 4.98 Å². The van der Waals surface area contributed by atoms with Gasteiger partial charge in [0.25, 0.3) is 6.43 Å². The molecular weight excluding hydrogens is 314 g/mol. The zero-order valence-electron chi connectivity index (χ0n) is 6.28. The van der Waals surface area contributed by atoms with E-state index in [1.54, 1.807) is 0 Å². The maximum Gasteiger partial charge on any atom is 0.269 e. The van der Waals surface area contributed by atoms with Crippen LogP contribution in [-0.2, 0) is 5.88 Å². The van der Waals surface area contributed by atoms with Gasteiger partial charge in [0.05, 0.1) is 15.1 Å². The van der Waals surface area contributed by atoms with E-state index in [1.165, 1.54) is 0 Å². The minimum absolute atomic E-state index is 0.0913. The topological polar surface area (TPSA) is 32.9 Å². The maximum absolute atomic E-state index is 12.3. The molecule has 1 aromatic heterocycles. The first kappa shape index (κ1) is 10.9. The Balaban J connectivity index is 3.39. The van der Waals surface area contributed by atoms with E-state index < -0.39 is 17.4 Å². The summed E-state index contributed by atoms with van der Waals surface area (Å²) in [5.74, 6) is -0.119. The maximum atomic E-state index is 12.3. The van der Waals surface area contributed by atoms with E-state index in [0.29, 0.717) is 3.70 Å². The SMILES string of the molecule is O=c1cc(I)[nH]c(CCl)c1C(F)F. The molecular formula is C7H5ClF2INO. The zero-order chi connectivity index (χ0) is 10.0. The van der Waals surface area contributed by atoms with Crippen molar-refractivity contribution in [3.05, 3.63) is 31.2 Å². The predicted octanol–water partition coefficient (Wildman–Crippen LogP) is 2.66. The molecule has 0 aliphatic carbocycles. The van der Waals surface area contributed by atoms with Crippen LogP contribution >= 0.6 is 34.2 Å². The third kappa shape index (κ3) is 2.40. The number of hydrogen-bond donors (Lipinski definition) is 1. The van der Waals surface area contributed by atoms with Crippen molar-refractivity contribution in [2.45, 2.75) is 12.3 Å². The van der Waals surface area contributed by atoms with Crippen molar-refractivity contribution < 1.29 is 8.78 Å². The molecule has 2 nitrogen and oxygen atoms in total. The fourth-order valence-corrected chi connectivity index (χ4v) is 1.75. The lowest BCUT2D eigenvalue weighted by molar-refractivity contribution is 0.148. The first-order chi connectivity index (χ1) is 6.06. The van der Waals surface area contributed by atoms with Gasteiger partial charge in [-0.3, -0.25) is 4.79 Å². The van der Waals surface area contributed by atoms with Crippen LogP contribution in [0.4, 0.5) is 8.78 Å². The minimum Gasteiger partial charge on any atom is -0.352 e. The van der Waals surface area contributed by atoms with Crippen molar-refractivity contribution in [1.82, 2.24) is 4.98 Å². The van der Waals surface area contributed by atoms with Gasteiger partial charge >= 0.3 is 0 Å². The van der Waals surface area contributed by atoms with Crippen LogP contribution in [0.5, 0.6) is 0 Å². The van der Waals surface area contributed by atoms with E-state index >= 15 is 0 Å². The Hall–Kier alpha value is -0.170. The lowest BCUT2D eigenvalue weighted by atomic mass is 10.2. The van der Waals surface area contributed by atoms with Crippen molar-refractivity contribution in [3.8, 4) is 0 Å². The molecule has 0 aromatic carbocycles. The van der Waals surface area contributed by atoms with Gasteiger partial charge in [-0.2, -0.15) is 0 Å². The molecule has 0 aliphatic heterocycles. The number of rotatable bonds is 2. The Kier molecular flexibility index (Phi) is 3.66. The Morgan fingerprint density at radius 3 is 2.69 bits per heavy atom. The highest BCUT2D eigenvalue weighted by Crippen LogP contribution is 2.19. The van der Waals surface area contributed by atoms with E-state index in [4.69, 9.17) is 11.6 Å². The highest BCUT2D eigenvalue weighted by Gasteiger charge is 2.17. The van der Waals surface area contributed by atoms with Gasteiger partial charge in [-0.15, -0.1) is 11.6 Å². The largest absolute Gasteiger partial charge is 0.352 e. The van der Waals surface area contributed by atoms with Crippen molar-refractivity contribution in [2.75, 3.05) is 0 Å². The van der Waals surface area contributed by atoms with E-state index in [-0.39, 0.29) is 11.6 Å². The lowest BCUT2D eigenvalue weighted by Crippen LogP contribution is -2.14. The fraction of sp³-hybridized carbons (Fsp3) is 0.286. The minimum atomic E-state index is -2.78. The number of aromatic nitrogens is 1. The quantitative estimate of drug-likeness (QED) is 0.507. The fourth-order valence-electron chi connectivity index (χ4n) is 0.934. The summed E-state index contributed by atoms with van der Waals surface area (Å²) in [6.45, 7) is 0. The van der Waals surface area contributed by atoms with Gasteiger partial charge in [0.15, 0.2) is 5.43 Å². The summed E-state index contributed by atoms with van der Waals surface area (Å²) >= 11 is 7.25. The van der Waals surface area contributed by atoms with Crippen LogP contribution in [0.3, 0.4) is 0 Å². The van der Waals surface area contributed by atoms with Gasteiger partial charge < -0.3 is 4.98 Å². The number of alkyl halides is 3. The second-order valence-electron chi connectivity index (χ2n) is 2.31. The molecule has 1 heterocycles. The molecule has 0 spiro atoms. The summed E-state index contributed by atoms with van der Waals surface area (Å²) in [6, 6.07) is 1.12. The number of hydrogen-bond acceptors (Lipinski definition) is 1. The first-order valence-electron chi connectivity index (χ1n) is 3.32. The second-order valence-corrected chi connectivity index (χ2v) is 3.74.